The summed E-state index contributed by atoms with van der Waals surface area (Å²) in [6.45, 7) is 0. The summed E-state index contributed by atoms with van der Waals surface area (Å²) in [5.41, 5.74) is 2.44. The fourth-order valence-corrected chi connectivity index (χ4v) is 3.14. The molecule has 0 saturated carbocycles. The normalized spacial score (nSPS) is 11.4. The largest absolute Gasteiger partial charge is 0.485 e. The van der Waals surface area contributed by atoms with E-state index in [1.165, 1.54) is 0 Å². The molecule has 0 aliphatic heterocycles. The van der Waals surface area contributed by atoms with Gasteiger partial charge in [0.15, 0.2) is 0 Å². The maximum absolute atomic E-state index is 12.7. The Morgan fingerprint density at radius 3 is 2.58 bits per heavy atom. The van der Waals surface area contributed by atoms with Crippen LogP contribution in [0, 0.1) is 0 Å². The molecule has 0 radical (unpaired) electrons. The molecule has 9 nitrogen and oxygen atoms in total. The number of aromatic nitrogens is 3. The number of nitrogens with zero attached hydrogens (tertiary/aromatic N) is 2. The van der Waals surface area contributed by atoms with Crippen molar-refractivity contribution in [3.05, 3.63) is 96.6 Å². The number of hydrogen-bond donors (Lipinski definition) is 4. The predicted octanol–water partition coefficient (Wildman–Crippen LogP) is 4.40. The number of pyridine rings is 1. The molecule has 0 aliphatic carbocycles. The number of carboxylic acids is 1. The SMILES string of the molecule is O=C(O)CC(Oc1cccc(NC(=O)c2ccc(Nc3ncc[nH]3)cc2)c1)c1cccnc1. The van der Waals surface area contributed by atoms with E-state index in [1.807, 2.05) is 0 Å². The van der Waals surface area contributed by atoms with Crippen molar-refractivity contribution in [2.45, 2.75) is 12.5 Å². The highest BCUT2D eigenvalue weighted by molar-refractivity contribution is 6.04. The van der Waals surface area contributed by atoms with Gasteiger partial charge in [-0.15, -0.1) is 0 Å². The van der Waals surface area contributed by atoms with E-state index in [0.29, 0.717) is 28.5 Å². The molecule has 2 heterocycles. The number of aromatic amines is 1. The van der Waals surface area contributed by atoms with Crippen LogP contribution in [-0.2, 0) is 4.79 Å². The highest BCUT2D eigenvalue weighted by Gasteiger charge is 2.18. The Bertz CT molecular complexity index is 1210. The van der Waals surface area contributed by atoms with Crippen LogP contribution in [0.3, 0.4) is 0 Å². The molecule has 2 aromatic heterocycles. The molecule has 4 aromatic rings. The Hall–Kier alpha value is -4.66. The van der Waals surface area contributed by atoms with Crippen molar-refractivity contribution in [3.63, 3.8) is 0 Å². The van der Waals surface area contributed by atoms with Gasteiger partial charge >= 0.3 is 5.97 Å². The number of ether oxygens (including phenoxy) is 1. The van der Waals surface area contributed by atoms with E-state index in [9.17, 15) is 14.7 Å². The van der Waals surface area contributed by atoms with Crippen molar-refractivity contribution in [2.75, 3.05) is 10.6 Å². The second kappa shape index (κ2) is 10.1. The summed E-state index contributed by atoms with van der Waals surface area (Å²) in [5.74, 6) is -0.235. The molecular weight excluding hydrogens is 422 g/mol. The third-order valence-electron chi connectivity index (χ3n) is 4.69. The molecular formula is C24H21N5O4. The van der Waals surface area contributed by atoms with Crippen LogP contribution in [0.15, 0.2) is 85.5 Å². The van der Waals surface area contributed by atoms with Crippen molar-refractivity contribution < 1.29 is 19.4 Å². The Labute approximate surface area is 189 Å². The summed E-state index contributed by atoms with van der Waals surface area (Å²) in [5, 5.41) is 15.2. The molecule has 4 rings (SSSR count). The van der Waals surface area contributed by atoms with Crippen LogP contribution >= 0.6 is 0 Å². The molecule has 0 spiro atoms. The van der Waals surface area contributed by atoms with Gasteiger partial charge in [0.25, 0.3) is 5.91 Å². The molecule has 4 N–H and O–H groups in total. The first kappa shape index (κ1) is 21.6. The molecule has 2 aromatic carbocycles. The van der Waals surface area contributed by atoms with Crippen LogP contribution in [0.4, 0.5) is 17.3 Å². The van der Waals surface area contributed by atoms with E-state index in [2.05, 4.69) is 25.6 Å². The fraction of sp³-hybridized carbons (Fsp3) is 0.0833. The van der Waals surface area contributed by atoms with Crippen LogP contribution in [0.2, 0.25) is 0 Å². The van der Waals surface area contributed by atoms with Crippen LogP contribution in [0.25, 0.3) is 0 Å². The van der Waals surface area contributed by atoms with Gasteiger partial charge in [-0.25, -0.2) is 4.98 Å². The third kappa shape index (κ3) is 5.95. The standard InChI is InChI=1S/C24H21N5O4/c30-22(31)14-21(17-3-2-10-25-15-17)33-20-5-1-4-19(13-20)28-23(32)16-6-8-18(9-7-16)29-24-26-11-12-27-24/h1-13,15,21H,14H2,(H,28,32)(H,30,31)(H2,26,27,29). The number of H-pyrrole nitrogens is 1. The number of amides is 1. The zero-order valence-corrected chi connectivity index (χ0v) is 17.4. The second-order valence-corrected chi connectivity index (χ2v) is 7.11. The number of imidazole rings is 1. The van der Waals surface area contributed by atoms with Crippen molar-refractivity contribution in [1.29, 1.82) is 0 Å². The maximum atomic E-state index is 12.7. The Morgan fingerprint density at radius 1 is 1.03 bits per heavy atom. The summed E-state index contributed by atoms with van der Waals surface area (Å²) in [6.07, 6.45) is 5.60. The number of anilines is 3. The summed E-state index contributed by atoms with van der Waals surface area (Å²) in [7, 11) is 0. The first-order chi connectivity index (χ1) is 16.1. The maximum Gasteiger partial charge on any atom is 0.307 e. The number of nitrogens with one attached hydrogen (secondary N) is 3. The van der Waals surface area contributed by atoms with E-state index in [0.717, 1.165) is 5.69 Å². The van der Waals surface area contributed by atoms with Crippen LogP contribution in [0.1, 0.15) is 28.4 Å². The smallest absolute Gasteiger partial charge is 0.307 e. The molecule has 0 aliphatic rings. The number of carboxylic acid groups (broad SMARTS) is 1. The van der Waals surface area contributed by atoms with E-state index in [-0.39, 0.29) is 12.3 Å². The zero-order chi connectivity index (χ0) is 23.0. The average Bonchev–Trinajstić information content (AvgIpc) is 3.33. The predicted molar refractivity (Wildman–Crippen MR) is 123 cm³/mol. The number of carbonyl (C=O) groups excluding carboxylic acids is 1. The average molecular weight is 443 g/mol. The summed E-state index contributed by atoms with van der Waals surface area (Å²) in [6, 6.07) is 17.2. The van der Waals surface area contributed by atoms with Crippen molar-refractivity contribution in [1.82, 2.24) is 15.0 Å². The quantitative estimate of drug-likeness (QED) is 0.302. The lowest BCUT2D eigenvalue weighted by atomic mass is 10.1. The van der Waals surface area contributed by atoms with Crippen molar-refractivity contribution in [2.24, 2.45) is 0 Å². The minimum atomic E-state index is -0.988. The Balaban J connectivity index is 1.42. The molecule has 0 fully saturated rings. The molecule has 33 heavy (non-hydrogen) atoms. The van der Waals surface area contributed by atoms with Crippen LogP contribution in [0.5, 0.6) is 5.75 Å². The number of rotatable bonds is 9. The van der Waals surface area contributed by atoms with Crippen molar-refractivity contribution >= 4 is 29.2 Å². The Morgan fingerprint density at radius 2 is 1.88 bits per heavy atom. The summed E-state index contributed by atoms with van der Waals surface area (Å²) < 4.78 is 5.92. The van der Waals surface area contributed by atoms with Gasteiger partial charge in [0.05, 0.1) is 6.42 Å². The molecule has 9 heteroatoms. The fourth-order valence-electron chi connectivity index (χ4n) is 3.14. The highest BCUT2D eigenvalue weighted by atomic mass is 16.5. The molecule has 0 saturated heterocycles. The van der Waals surface area contributed by atoms with Crippen LogP contribution in [-0.4, -0.2) is 31.9 Å². The second-order valence-electron chi connectivity index (χ2n) is 7.11. The van der Waals surface area contributed by atoms with E-state index < -0.39 is 12.1 Å². The van der Waals surface area contributed by atoms with Gasteiger partial charge in [-0.1, -0.05) is 12.1 Å². The lowest BCUT2D eigenvalue weighted by molar-refractivity contribution is -0.138. The monoisotopic (exact) mass is 443 g/mol. The number of aliphatic carboxylic acids is 1. The van der Waals surface area contributed by atoms with E-state index in [4.69, 9.17) is 4.74 Å². The Kier molecular flexibility index (Phi) is 6.60. The zero-order valence-electron chi connectivity index (χ0n) is 17.4. The minimum absolute atomic E-state index is 0.222. The molecule has 1 unspecified atom stereocenters. The molecule has 166 valence electrons. The summed E-state index contributed by atoms with van der Waals surface area (Å²) in [4.78, 5) is 35.0. The lowest BCUT2D eigenvalue weighted by Crippen LogP contribution is -2.14. The number of carbonyl (C=O) groups is 2. The number of hydrogen-bond acceptors (Lipinski definition) is 6. The first-order valence-electron chi connectivity index (χ1n) is 10.1. The van der Waals surface area contributed by atoms with Gasteiger partial charge in [-0.05, 0) is 42.5 Å². The van der Waals surface area contributed by atoms with E-state index in [1.54, 1.807) is 85.5 Å². The number of benzene rings is 2. The van der Waals surface area contributed by atoms with Crippen LogP contribution < -0.4 is 15.4 Å². The van der Waals surface area contributed by atoms with Gasteiger partial charge in [0.1, 0.15) is 11.9 Å². The van der Waals surface area contributed by atoms with Gasteiger partial charge in [-0.2, -0.15) is 0 Å². The minimum Gasteiger partial charge on any atom is -0.485 e. The van der Waals surface area contributed by atoms with Gasteiger partial charge in [-0.3, -0.25) is 14.6 Å². The molecule has 1 atom stereocenters. The highest BCUT2D eigenvalue weighted by Crippen LogP contribution is 2.27. The molecule has 0 bridgehead atoms. The van der Waals surface area contributed by atoms with Gasteiger partial charge in [0, 0.05) is 53.4 Å². The lowest BCUT2D eigenvalue weighted by Gasteiger charge is -2.18. The van der Waals surface area contributed by atoms with Gasteiger partial charge < -0.3 is 25.5 Å². The van der Waals surface area contributed by atoms with Crippen molar-refractivity contribution in [3.8, 4) is 5.75 Å². The first-order valence-corrected chi connectivity index (χ1v) is 10.1. The summed E-state index contributed by atoms with van der Waals surface area (Å²) >= 11 is 0. The van der Waals surface area contributed by atoms with Gasteiger partial charge in [0.2, 0.25) is 5.95 Å². The van der Waals surface area contributed by atoms with E-state index >= 15 is 0 Å². The topological polar surface area (TPSA) is 129 Å². The molecule has 1 amide bonds. The third-order valence-corrected chi connectivity index (χ3v) is 4.69.